The Morgan fingerprint density at radius 1 is 1.04 bits per heavy atom. The molecule has 1 aliphatic carbocycles. The highest BCUT2D eigenvalue weighted by molar-refractivity contribution is 5.46. The zero-order valence-corrected chi connectivity index (χ0v) is 15.2. The molecule has 1 aromatic heterocycles. The van der Waals surface area contributed by atoms with E-state index in [2.05, 4.69) is 25.8 Å². The molecule has 0 bridgehead atoms. The third-order valence-electron chi connectivity index (χ3n) is 5.62. The quantitative estimate of drug-likeness (QED) is 0.858. The van der Waals surface area contributed by atoms with Gasteiger partial charge in [0.1, 0.15) is 5.82 Å². The number of aryl methyl sites for hydroxylation is 1. The summed E-state index contributed by atoms with van der Waals surface area (Å²) < 4.78 is 5.43. The summed E-state index contributed by atoms with van der Waals surface area (Å²) in [7, 11) is 0. The predicted octanol–water partition coefficient (Wildman–Crippen LogP) is 0.659. The van der Waals surface area contributed by atoms with Crippen LogP contribution in [0.2, 0.25) is 0 Å². The fraction of sp³-hybridized carbons (Fsp3) is 0.778. The minimum Gasteiger partial charge on any atom is -0.389 e. The summed E-state index contributed by atoms with van der Waals surface area (Å²) in [6, 6.07) is 2.08. The van der Waals surface area contributed by atoms with E-state index in [1.165, 1.54) is 6.42 Å². The normalized spacial score (nSPS) is 24.2. The van der Waals surface area contributed by atoms with Crippen LogP contribution in [0.15, 0.2) is 6.07 Å². The van der Waals surface area contributed by atoms with Gasteiger partial charge < -0.3 is 19.6 Å². The molecule has 1 aromatic rings. The molecule has 2 aliphatic heterocycles. The summed E-state index contributed by atoms with van der Waals surface area (Å²) in [6.45, 7) is 9.94. The predicted molar refractivity (Wildman–Crippen MR) is 97.3 cm³/mol. The van der Waals surface area contributed by atoms with Gasteiger partial charge in [-0.3, -0.25) is 4.90 Å². The minimum absolute atomic E-state index is 0.419. The maximum Gasteiger partial charge on any atom is 0.227 e. The van der Waals surface area contributed by atoms with Crippen molar-refractivity contribution in [1.29, 1.82) is 0 Å². The van der Waals surface area contributed by atoms with E-state index in [0.29, 0.717) is 0 Å². The number of hydrogen-bond acceptors (Lipinski definition) is 7. The minimum atomic E-state index is -0.419. The number of anilines is 2. The summed E-state index contributed by atoms with van der Waals surface area (Å²) in [5, 5.41) is 10.4. The second-order valence-corrected chi connectivity index (χ2v) is 7.61. The zero-order valence-electron chi connectivity index (χ0n) is 15.2. The highest BCUT2D eigenvalue weighted by Gasteiger charge is 2.36. The Bertz CT molecular complexity index is 593. The van der Waals surface area contributed by atoms with Crippen LogP contribution in [0.3, 0.4) is 0 Å². The Labute approximate surface area is 149 Å². The molecule has 2 saturated heterocycles. The Hall–Kier alpha value is -1.44. The number of hydrogen-bond donors (Lipinski definition) is 1. The molecule has 7 heteroatoms. The first kappa shape index (κ1) is 17.0. The number of β-amino-alcohol motifs (C(OH)–C–C–N with tert-alkyl or cyclic N) is 1. The second-order valence-electron chi connectivity index (χ2n) is 7.61. The molecule has 3 heterocycles. The molecule has 25 heavy (non-hydrogen) atoms. The summed E-state index contributed by atoms with van der Waals surface area (Å²) >= 11 is 0. The Morgan fingerprint density at radius 2 is 1.76 bits per heavy atom. The molecule has 4 rings (SSSR count). The van der Waals surface area contributed by atoms with Crippen molar-refractivity contribution >= 4 is 11.8 Å². The molecule has 0 aromatic carbocycles. The Kier molecular flexibility index (Phi) is 4.80. The van der Waals surface area contributed by atoms with Crippen LogP contribution in [0.5, 0.6) is 0 Å². The van der Waals surface area contributed by atoms with Crippen molar-refractivity contribution in [2.75, 3.05) is 68.8 Å². The monoisotopic (exact) mass is 347 g/mol. The molecule has 1 saturated carbocycles. The number of aliphatic hydroxyl groups is 1. The topological polar surface area (TPSA) is 65.0 Å². The van der Waals surface area contributed by atoms with Crippen molar-refractivity contribution in [3.05, 3.63) is 11.8 Å². The van der Waals surface area contributed by atoms with Crippen LogP contribution < -0.4 is 9.80 Å². The van der Waals surface area contributed by atoms with Crippen molar-refractivity contribution in [2.24, 2.45) is 0 Å². The number of aromatic nitrogens is 2. The van der Waals surface area contributed by atoms with Crippen LogP contribution in [0.25, 0.3) is 0 Å². The zero-order chi connectivity index (χ0) is 17.3. The van der Waals surface area contributed by atoms with Crippen LogP contribution >= 0.6 is 0 Å². The number of nitrogens with zero attached hydrogens (tertiary/aromatic N) is 5. The van der Waals surface area contributed by atoms with Gasteiger partial charge in [0.15, 0.2) is 0 Å². The lowest BCUT2D eigenvalue weighted by atomic mass is 9.80. The maximum absolute atomic E-state index is 10.4. The van der Waals surface area contributed by atoms with Gasteiger partial charge in [0, 0.05) is 57.6 Å². The lowest BCUT2D eigenvalue weighted by molar-refractivity contribution is -0.0594. The lowest BCUT2D eigenvalue weighted by Crippen LogP contribution is -2.54. The molecule has 0 amide bonds. The first-order valence-electron chi connectivity index (χ1n) is 9.49. The van der Waals surface area contributed by atoms with E-state index < -0.39 is 5.60 Å². The van der Waals surface area contributed by atoms with Crippen molar-refractivity contribution in [3.63, 3.8) is 0 Å². The van der Waals surface area contributed by atoms with Gasteiger partial charge in [0.25, 0.3) is 0 Å². The Morgan fingerprint density at radius 3 is 2.40 bits per heavy atom. The van der Waals surface area contributed by atoms with Crippen LogP contribution in [0.1, 0.15) is 25.0 Å². The molecule has 1 N–H and O–H groups in total. The van der Waals surface area contributed by atoms with Crippen molar-refractivity contribution in [2.45, 2.75) is 31.8 Å². The summed E-state index contributed by atoms with van der Waals surface area (Å²) in [4.78, 5) is 16.4. The molecule has 0 atom stereocenters. The molecule has 0 radical (unpaired) electrons. The number of morpholine rings is 1. The molecule has 3 fully saturated rings. The molecule has 138 valence electrons. The van der Waals surface area contributed by atoms with E-state index in [0.717, 1.165) is 89.3 Å². The van der Waals surface area contributed by atoms with E-state index in [4.69, 9.17) is 9.72 Å². The second kappa shape index (κ2) is 7.05. The molecule has 0 spiro atoms. The van der Waals surface area contributed by atoms with E-state index in [1.54, 1.807) is 0 Å². The standard InChI is InChI=1S/C18H29N5O2/c1-15-13-16(20-17(19-15)23-9-11-25-12-10-23)22-7-5-21(6-8-22)14-18(24)3-2-4-18/h13,24H,2-12,14H2,1H3. The molecule has 3 aliphatic rings. The van der Waals surface area contributed by atoms with Crippen molar-refractivity contribution in [3.8, 4) is 0 Å². The summed E-state index contributed by atoms with van der Waals surface area (Å²) in [5.41, 5.74) is 0.592. The third-order valence-corrected chi connectivity index (χ3v) is 5.62. The Balaban J connectivity index is 1.39. The molecule has 0 unspecified atom stereocenters. The van der Waals surface area contributed by atoms with Gasteiger partial charge in [-0.05, 0) is 26.2 Å². The number of rotatable bonds is 4. The van der Waals surface area contributed by atoms with Gasteiger partial charge in [0.2, 0.25) is 5.95 Å². The van der Waals surface area contributed by atoms with Crippen LogP contribution in [-0.4, -0.2) is 84.6 Å². The summed E-state index contributed by atoms with van der Waals surface area (Å²) in [6.07, 6.45) is 3.09. The van der Waals surface area contributed by atoms with Gasteiger partial charge in [-0.15, -0.1) is 0 Å². The van der Waals surface area contributed by atoms with Gasteiger partial charge in [-0.2, -0.15) is 4.98 Å². The van der Waals surface area contributed by atoms with Crippen molar-refractivity contribution < 1.29 is 9.84 Å². The first-order valence-corrected chi connectivity index (χ1v) is 9.49. The third kappa shape index (κ3) is 3.88. The van der Waals surface area contributed by atoms with Gasteiger partial charge >= 0.3 is 0 Å². The highest BCUT2D eigenvalue weighted by atomic mass is 16.5. The van der Waals surface area contributed by atoms with Gasteiger partial charge in [0.05, 0.1) is 18.8 Å². The lowest BCUT2D eigenvalue weighted by Gasteiger charge is -2.43. The number of piperazine rings is 1. The molecular weight excluding hydrogens is 318 g/mol. The number of ether oxygens (including phenoxy) is 1. The summed E-state index contributed by atoms with van der Waals surface area (Å²) in [5.74, 6) is 1.85. The highest BCUT2D eigenvalue weighted by Crippen LogP contribution is 2.32. The largest absolute Gasteiger partial charge is 0.389 e. The van der Waals surface area contributed by atoms with Crippen molar-refractivity contribution in [1.82, 2.24) is 14.9 Å². The van der Waals surface area contributed by atoms with E-state index in [1.807, 2.05) is 6.92 Å². The first-order chi connectivity index (χ1) is 12.1. The fourth-order valence-electron chi connectivity index (χ4n) is 3.90. The average molecular weight is 347 g/mol. The van der Waals surface area contributed by atoms with E-state index in [-0.39, 0.29) is 0 Å². The molecule has 7 nitrogen and oxygen atoms in total. The van der Waals surface area contributed by atoms with E-state index in [9.17, 15) is 5.11 Å². The van der Waals surface area contributed by atoms with Gasteiger partial charge in [-0.1, -0.05) is 0 Å². The molecular formula is C18H29N5O2. The van der Waals surface area contributed by atoms with Gasteiger partial charge in [-0.25, -0.2) is 4.98 Å². The van der Waals surface area contributed by atoms with Crippen LogP contribution in [-0.2, 0) is 4.74 Å². The smallest absolute Gasteiger partial charge is 0.227 e. The van der Waals surface area contributed by atoms with E-state index >= 15 is 0 Å². The van der Waals surface area contributed by atoms with Crippen LogP contribution in [0.4, 0.5) is 11.8 Å². The SMILES string of the molecule is Cc1cc(N2CCN(CC3(O)CCC3)CC2)nc(N2CCOCC2)n1. The average Bonchev–Trinajstić information content (AvgIpc) is 2.61. The fourth-order valence-corrected chi connectivity index (χ4v) is 3.90. The maximum atomic E-state index is 10.4. The van der Waals surface area contributed by atoms with Crippen LogP contribution in [0, 0.1) is 6.92 Å².